The van der Waals surface area contributed by atoms with E-state index in [1.807, 2.05) is 7.05 Å². The van der Waals surface area contributed by atoms with E-state index in [4.69, 9.17) is 5.73 Å². The summed E-state index contributed by atoms with van der Waals surface area (Å²) >= 11 is 2.45. The van der Waals surface area contributed by atoms with Crippen LogP contribution in [0, 0.1) is 0 Å². The number of nitrogens with one attached hydrogen (secondary N) is 1. The quantitative estimate of drug-likeness (QED) is 0.290. The van der Waals surface area contributed by atoms with Crippen LogP contribution in [0.5, 0.6) is 0 Å². The highest BCUT2D eigenvalue weighted by Gasteiger charge is 2.16. The second-order valence-electron chi connectivity index (χ2n) is 4.31. The van der Waals surface area contributed by atoms with E-state index in [1.54, 1.807) is 0 Å². The molecule has 0 aromatic rings. The summed E-state index contributed by atoms with van der Waals surface area (Å²) in [5.74, 6) is 0. The molecule has 0 spiro atoms. The number of nitrogens with two attached hydrogens (primary N) is 1. The minimum Gasteiger partial charge on any atom is -0.318 e. The molecule has 0 amide bonds. The molecule has 0 aliphatic heterocycles. The lowest BCUT2D eigenvalue weighted by Crippen LogP contribution is -2.38. The van der Waals surface area contributed by atoms with Crippen LogP contribution in [0.25, 0.3) is 0 Å². The zero-order valence-corrected chi connectivity index (χ0v) is 13.0. The van der Waals surface area contributed by atoms with E-state index in [0.717, 1.165) is 6.54 Å². The minimum absolute atomic E-state index is 0.119. The van der Waals surface area contributed by atoms with Gasteiger partial charge in [-0.25, -0.2) is 4.58 Å². The molecule has 3 N–H and O–H groups in total. The van der Waals surface area contributed by atoms with Crippen molar-refractivity contribution in [2.75, 3.05) is 25.1 Å². The summed E-state index contributed by atoms with van der Waals surface area (Å²) in [4.78, 5) is 0. The SMILES string of the molecule is CCCCC(CCI)/[N+](C)=C\[C@@H](N)CNC. The van der Waals surface area contributed by atoms with Crippen molar-refractivity contribution in [2.24, 2.45) is 5.73 Å². The number of hydrogen-bond donors (Lipinski definition) is 2. The van der Waals surface area contributed by atoms with Gasteiger partial charge in [0.25, 0.3) is 0 Å². The zero-order chi connectivity index (χ0) is 12.4. The fraction of sp³-hybridized carbons (Fsp3) is 0.917. The maximum Gasteiger partial charge on any atom is 0.157 e. The van der Waals surface area contributed by atoms with Gasteiger partial charge in [-0.2, -0.15) is 0 Å². The molecule has 16 heavy (non-hydrogen) atoms. The largest absolute Gasteiger partial charge is 0.318 e. The standard InChI is InChI=1S/C12H27IN3/c1-4-5-6-12(7-8-13)16(3)10-11(14)9-15-2/h10-12,15H,4-9,14H2,1-3H3/q+1/b16-10-/t11-,12?/m0/s1. The van der Waals surface area contributed by atoms with Crippen molar-refractivity contribution in [1.29, 1.82) is 0 Å². The molecule has 0 radical (unpaired) electrons. The summed E-state index contributed by atoms with van der Waals surface area (Å²) < 4.78 is 3.53. The first-order chi connectivity index (χ1) is 7.65. The van der Waals surface area contributed by atoms with Gasteiger partial charge in [-0.1, -0.05) is 35.9 Å². The van der Waals surface area contributed by atoms with Crippen LogP contribution in [-0.2, 0) is 0 Å². The fourth-order valence-electron chi connectivity index (χ4n) is 1.83. The monoisotopic (exact) mass is 340 g/mol. The first kappa shape index (κ1) is 16.3. The topological polar surface area (TPSA) is 41.1 Å². The third-order valence-electron chi connectivity index (χ3n) is 2.78. The number of alkyl halides is 1. The third kappa shape index (κ3) is 7.57. The van der Waals surface area contributed by atoms with Crippen LogP contribution in [-0.4, -0.2) is 47.9 Å². The molecule has 96 valence electrons. The van der Waals surface area contributed by atoms with Gasteiger partial charge >= 0.3 is 0 Å². The predicted molar refractivity (Wildman–Crippen MR) is 81.0 cm³/mol. The Hall–Kier alpha value is 0.320. The van der Waals surface area contributed by atoms with Gasteiger partial charge in [0, 0.05) is 23.8 Å². The summed E-state index contributed by atoms with van der Waals surface area (Å²) in [6.45, 7) is 3.09. The van der Waals surface area contributed by atoms with Crippen LogP contribution in [0.4, 0.5) is 0 Å². The van der Waals surface area contributed by atoms with Crippen molar-refractivity contribution in [3.63, 3.8) is 0 Å². The lowest BCUT2D eigenvalue weighted by molar-refractivity contribution is -0.536. The maximum atomic E-state index is 5.99. The smallest absolute Gasteiger partial charge is 0.157 e. The van der Waals surface area contributed by atoms with E-state index in [1.165, 1.54) is 30.1 Å². The molecule has 0 saturated heterocycles. The van der Waals surface area contributed by atoms with Crippen molar-refractivity contribution in [3.05, 3.63) is 0 Å². The van der Waals surface area contributed by atoms with Gasteiger partial charge in [-0.05, 0) is 13.5 Å². The average molecular weight is 340 g/mol. The second-order valence-corrected chi connectivity index (χ2v) is 5.39. The molecule has 0 fully saturated rings. The van der Waals surface area contributed by atoms with Crippen LogP contribution in [0.2, 0.25) is 0 Å². The molecule has 0 aliphatic carbocycles. The van der Waals surface area contributed by atoms with Gasteiger partial charge in [0.15, 0.2) is 12.3 Å². The van der Waals surface area contributed by atoms with E-state index in [9.17, 15) is 0 Å². The molecule has 4 heteroatoms. The van der Waals surface area contributed by atoms with Crippen molar-refractivity contribution < 1.29 is 4.58 Å². The molecule has 1 unspecified atom stereocenters. The summed E-state index contributed by atoms with van der Waals surface area (Å²) in [6.07, 6.45) is 7.26. The van der Waals surface area contributed by atoms with Crippen LogP contribution in [0.15, 0.2) is 0 Å². The second kappa shape index (κ2) is 10.5. The molecule has 0 saturated carbocycles. The number of hydrogen-bond acceptors (Lipinski definition) is 2. The van der Waals surface area contributed by atoms with Crippen molar-refractivity contribution in [2.45, 2.75) is 44.7 Å². The molecule has 2 atom stereocenters. The third-order valence-corrected chi connectivity index (χ3v) is 3.40. The predicted octanol–water partition coefficient (Wildman–Crippen LogP) is 1.63. The number of unbranched alkanes of at least 4 members (excludes halogenated alkanes) is 1. The van der Waals surface area contributed by atoms with Crippen LogP contribution in [0.1, 0.15) is 32.6 Å². The number of likely N-dealkylation sites (N-methyl/N-ethyl adjacent to an activating group) is 1. The Morgan fingerprint density at radius 2 is 2.12 bits per heavy atom. The van der Waals surface area contributed by atoms with Gasteiger partial charge in [0.2, 0.25) is 0 Å². The molecular formula is C12H27IN3+. The average Bonchev–Trinajstić information content (AvgIpc) is 2.24. The maximum absolute atomic E-state index is 5.99. The number of halogens is 1. The Balaban J connectivity index is 4.27. The zero-order valence-electron chi connectivity index (χ0n) is 10.9. The first-order valence-corrected chi connectivity index (χ1v) is 7.71. The van der Waals surface area contributed by atoms with Gasteiger partial charge in [0.1, 0.15) is 7.05 Å². The fourth-order valence-corrected chi connectivity index (χ4v) is 2.55. The summed E-state index contributed by atoms with van der Waals surface area (Å²) in [7, 11) is 4.09. The lowest BCUT2D eigenvalue weighted by Gasteiger charge is -2.13. The van der Waals surface area contributed by atoms with Crippen molar-refractivity contribution in [3.8, 4) is 0 Å². The Morgan fingerprint density at radius 1 is 1.44 bits per heavy atom. The lowest BCUT2D eigenvalue weighted by atomic mass is 10.1. The normalized spacial score (nSPS) is 16.2. The summed E-state index contributed by atoms with van der Waals surface area (Å²) in [5, 5.41) is 3.10. The van der Waals surface area contributed by atoms with Gasteiger partial charge in [0.05, 0.1) is 6.04 Å². The minimum atomic E-state index is 0.119. The molecule has 0 rings (SSSR count). The van der Waals surface area contributed by atoms with Crippen molar-refractivity contribution >= 4 is 28.8 Å². The molecule has 0 heterocycles. The molecule has 3 nitrogen and oxygen atoms in total. The Morgan fingerprint density at radius 3 is 2.62 bits per heavy atom. The molecular weight excluding hydrogens is 313 g/mol. The molecule has 0 aromatic heterocycles. The van der Waals surface area contributed by atoms with E-state index < -0.39 is 0 Å². The Labute approximate surface area is 114 Å². The number of nitrogens with zero attached hydrogens (tertiary/aromatic N) is 1. The van der Waals surface area contributed by atoms with Crippen LogP contribution >= 0.6 is 22.6 Å². The van der Waals surface area contributed by atoms with E-state index in [2.05, 4.69) is 52.7 Å². The highest BCUT2D eigenvalue weighted by atomic mass is 127. The highest BCUT2D eigenvalue weighted by Crippen LogP contribution is 2.09. The first-order valence-electron chi connectivity index (χ1n) is 6.18. The molecule has 0 aliphatic rings. The van der Waals surface area contributed by atoms with Crippen molar-refractivity contribution in [1.82, 2.24) is 5.32 Å². The Kier molecular flexibility index (Phi) is 10.7. The molecule has 0 bridgehead atoms. The van der Waals surface area contributed by atoms with Crippen LogP contribution in [0.3, 0.4) is 0 Å². The summed E-state index contributed by atoms with van der Waals surface area (Å²) in [5.41, 5.74) is 5.99. The Bertz CT molecular complexity index is 195. The van der Waals surface area contributed by atoms with E-state index in [-0.39, 0.29) is 6.04 Å². The van der Waals surface area contributed by atoms with Gasteiger partial charge in [-0.15, -0.1) is 0 Å². The van der Waals surface area contributed by atoms with Gasteiger partial charge < -0.3 is 11.1 Å². The van der Waals surface area contributed by atoms with E-state index in [0.29, 0.717) is 6.04 Å². The molecule has 0 aromatic carbocycles. The van der Waals surface area contributed by atoms with E-state index >= 15 is 0 Å². The highest BCUT2D eigenvalue weighted by molar-refractivity contribution is 14.1. The number of rotatable bonds is 9. The van der Waals surface area contributed by atoms with Crippen LogP contribution < -0.4 is 11.1 Å². The van der Waals surface area contributed by atoms with Gasteiger partial charge in [-0.3, -0.25) is 0 Å². The summed E-state index contributed by atoms with van der Waals surface area (Å²) in [6, 6.07) is 0.771.